The number of aliphatic carboxylic acids is 2. The number of carbonyl (C=O) groups excluding carboxylic acids is 13. The largest absolute Gasteiger partial charge is 0.481 e. The normalized spacial score (nSPS) is 21.0. The van der Waals surface area contributed by atoms with Gasteiger partial charge in [-0.1, -0.05) is 98.6 Å². The predicted octanol–water partition coefficient (Wildman–Crippen LogP) is -0.484. The van der Waals surface area contributed by atoms with E-state index in [0.29, 0.717) is 16.9 Å². The first-order valence-electron chi connectivity index (χ1n) is 33.6. The van der Waals surface area contributed by atoms with Gasteiger partial charge in [-0.15, -0.1) is 11.3 Å². The molecule has 1 aromatic carbocycles. The summed E-state index contributed by atoms with van der Waals surface area (Å²) in [6, 6.07) is -9.78. The molecule has 18 N–H and O–H groups in total. The van der Waals surface area contributed by atoms with E-state index in [0.717, 1.165) is 11.3 Å². The number of Topliss-reactive ketones (excluding diaryl/α,β-unsaturated/α-hetero) is 1. The molecule has 100 heavy (non-hydrogen) atoms. The van der Waals surface area contributed by atoms with Gasteiger partial charge in [0, 0.05) is 42.5 Å². The number of aromatic amines is 1. The Balaban J connectivity index is 2.00. The fraction of sp³-hybridized carbons (Fsp3) is 0.591. The van der Waals surface area contributed by atoms with Crippen LogP contribution >= 0.6 is 11.3 Å². The molecule has 0 saturated carbocycles. The van der Waals surface area contributed by atoms with Crippen molar-refractivity contribution < 1.29 is 82.1 Å². The molecule has 33 nitrogen and oxygen atoms in total. The standard InChI is InChI=1S/C66H98N16O17S/c1-9-35(6)52-63(97)77-43(27-38-18-13-12-14-19-38)58(92)75-44(28-39-31-70-33-71-39)59(93)76-45(30-51(86)87)60(94)78-46(29-49(69)83)65(98)82(48(21-15-16-24-67)62(96)73-40(20-17-25-68)55(89)80-52)66(99)53(36(7)10-2)81-56(90)41(22-23-50(84)85)72-57(91)42(26-34(4)5)74-61(95)47-32-100-64(79-47)54(88)37(8)11-3/h12-14,18-19,31-37,40-46,48,52-53H,9-11,15-17,20-30,67-68H2,1-8H3,(H2,69,83)(H,70,71)(H,72,91)(H,73,96)(H,74,95)(H,75,92)(H,76,93)(H,77,97)(H,78,94)(H,80,89)(H,81,90)(H,84,85)(H,86,87)/t35-,36-,37-,40+,41+,42-,43+,44-,45+,46-,48-,52-,53-/m0/s1. The monoisotopic (exact) mass is 1420 g/mol. The molecule has 1 fully saturated rings. The number of aromatic nitrogens is 3. The maximum atomic E-state index is 16.0. The molecule has 1 aliphatic rings. The molecular formula is C66H98N16O17S. The highest BCUT2D eigenvalue weighted by atomic mass is 32.1. The molecule has 0 bridgehead atoms. The predicted molar refractivity (Wildman–Crippen MR) is 363 cm³/mol. The second-order valence-electron chi connectivity index (χ2n) is 25.4. The van der Waals surface area contributed by atoms with E-state index in [-0.39, 0.29) is 92.6 Å². The summed E-state index contributed by atoms with van der Waals surface area (Å²) in [6.45, 7) is 13.2. The van der Waals surface area contributed by atoms with Crippen molar-refractivity contribution in [2.24, 2.45) is 40.9 Å². The van der Waals surface area contributed by atoms with E-state index in [1.807, 2.05) is 6.92 Å². The molecule has 12 amide bonds. The van der Waals surface area contributed by atoms with Gasteiger partial charge in [0.2, 0.25) is 53.2 Å². The Kier molecular flexibility index (Phi) is 34.1. The average Bonchev–Trinajstić information content (AvgIpc) is 1.18. The van der Waals surface area contributed by atoms with Crippen LogP contribution in [-0.4, -0.2) is 192 Å². The molecule has 3 heterocycles. The maximum Gasteiger partial charge on any atom is 0.305 e. The number of nitrogens with zero attached hydrogens (tertiary/aromatic N) is 3. The fourth-order valence-corrected chi connectivity index (χ4v) is 11.6. The summed E-state index contributed by atoms with van der Waals surface area (Å²) in [5.41, 5.74) is 18.2. The zero-order valence-electron chi connectivity index (χ0n) is 57.7. The molecule has 34 heteroatoms. The van der Waals surface area contributed by atoms with Crippen LogP contribution in [0.2, 0.25) is 0 Å². The summed E-state index contributed by atoms with van der Waals surface area (Å²) in [4.78, 5) is 227. The lowest BCUT2D eigenvalue weighted by molar-refractivity contribution is -0.157. The molecule has 550 valence electrons. The van der Waals surface area contributed by atoms with Gasteiger partial charge in [0.1, 0.15) is 66.1 Å². The minimum absolute atomic E-state index is 0.0161. The molecule has 0 radical (unpaired) electrons. The second kappa shape index (κ2) is 41.1. The summed E-state index contributed by atoms with van der Waals surface area (Å²) < 4.78 is 0. The van der Waals surface area contributed by atoms with E-state index in [1.54, 1.807) is 71.9 Å². The van der Waals surface area contributed by atoms with Crippen LogP contribution in [0.25, 0.3) is 0 Å². The maximum absolute atomic E-state index is 16.0. The first kappa shape index (κ1) is 82.9. The first-order valence-corrected chi connectivity index (χ1v) is 34.5. The Morgan fingerprint density at radius 2 is 1.24 bits per heavy atom. The molecule has 0 aliphatic carbocycles. The summed E-state index contributed by atoms with van der Waals surface area (Å²) in [5, 5.41) is 44.3. The van der Waals surface area contributed by atoms with Crippen molar-refractivity contribution in [3.63, 3.8) is 0 Å². The zero-order chi connectivity index (χ0) is 74.5. The van der Waals surface area contributed by atoms with Gasteiger partial charge in [-0.25, -0.2) is 9.97 Å². The molecule has 2 aromatic heterocycles. The highest BCUT2D eigenvalue weighted by Crippen LogP contribution is 2.23. The van der Waals surface area contributed by atoms with Gasteiger partial charge in [0.15, 0.2) is 10.8 Å². The number of hydrogen-bond donors (Lipinski definition) is 15. The Hall–Kier alpha value is -9.57. The first-order chi connectivity index (χ1) is 47.4. The van der Waals surface area contributed by atoms with E-state index < -0.39 is 200 Å². The van der Waals surface area contributed by atoms with E-state index in [2.05, 4.69) is 62.8 Å². The quantitative estimate of drug-likeness (QED) is 0.0265. The highest BCUT2D eigenvalue weighted by Gasteiger charge is 2.46. The van der Waals surface area contributed by atoms with Gasteiger partial charge >= 0.3 is 11.9 Å². The third-order valence-corrected chi connectivity index (χ3v) is 18.0. The molecule has 1 aliphatic heterocycles. The van der Waals surface area contributed by atoms with Crippen molar-refractivity contribution in [1.82, 2.24) is 67.7 Å². The molecule has 1 saturated heterocycles. The Bertz CT molecular complexity index is 3330. The SMILES string of the molecule is CC[C@H](C)C(=O)c1nc(C(=O)N[C@@H](CC(C)C)C(=O)N[C@H](CCC(=O)O)C(=O)N[C@H](C(=O)N2C(=O)[C@H](CC(N)=O)NC(=O)[C@@H](CC(=O)O)NC(=O)[C@H](Cc3cnc[nH]3)NC(=O)[C@@H](Cc3ccccc3)NC(=O)[C@H]([C@@H](C)CC)NC(=O)[C@@H](CCCN)NC(=O)[C@@H]2CCCCN)[C@@H](C)CC)cs1. The Morgan fingerprint density at radius 3 is 1.82 bits per heavy atom. The lowest BCUT2D eigenvalue weighted by Gasteiger charge is -2.37. The van der Waals surface area contributed by atoms with Crippen LogP contribution < -0.4 is 65.1 Å². The third kappa shape index (κ3) is 25.6. The summed E-state index contributed by atoms with van der Waals surface area (Å²) >= 11 is 0.925. The van der Waals surface area contributed by atoms with Crippen molar-refractivity contribution >= 4 is 99.9 Å². The number of nitrogens with two attached hydrogens (primary N) is 3. The van der Waals surface area contributed by atoms with Gasteiger partial charge in [0.05, 0.1) is 19.2 Å². The molecular weight excluding hydrogens is 1320 g/mol. The van der Waals surface area contributed by atoms with Gasteiger partial charge in [-0.2, -0.15) is 0 Å². The van der Waals surface area contributed by atoms with E-state index in [9.17, 15) is 67.7 Å². The van der Waals surface area contributed by atoms with Crippen LogP contribution in [0.15, 0.2) is 48.2 Å². The van der Waals surface area contributed by atoms with Gasteiger partial charge < -0.3 is 80.2 Å². The van der Waals surface area contributed by atoms with E-state index in [1.165, 1.54) is 24.8 Å². The molecule has 0 spiro atoms. The zero-order valence-corrected chi connectivity index (χ0v) is 58.5. The number of carbonyl (C=O) groups is 15. The van der Waals surface area contributed by atoms with Crippen molar-refractivity contribution in [2.75, 3.05) is 13.1 Å². The second-order valence-corrected chi connectivity index (χ2v) is 26.3. The molecule has 3 aromatic rings. The number of ketones is 1. The Morgan fingerprint density at radius 1 is 0.640 bits per heavy atom. The summed E-state index contributed by atoms with van der Waals surface area (Å²) in [7, 11) is 0. The molecule has 13 atom stereocenters. The molecule has 4 rings (SSSR count). The highest BCUT2D eigenvalue weighted by molar-refractivity contribution is 7.12. The number of hydrogen-bond acceptors (Lipinski definition) is 20. The van der Waals surface area contributed by atoms with Crippen molar-refractivity contribution in [3.05, 3.63) is 70.2 Å². The topological polar surface area (TPSA) is 528 Å². The number of unbranched alkanes of at least 4 members (excludes halogenated alkanes) is 1. The number of thiazole rings is 1. The number of amides is 12. The van der Waals surface area contributed by atoms with E-state index in [4.69, 9.17) is 17.2 Å². The lowest BCUT2D eigenvalue weighted by Crippen LogP contribution is -2.65. The number of imide groups is 1. The summed E-state index contributed by atoms with van der Waals surface area (Å²) in [5.74, 6) is -20.1. The third-order valence-electron chi connectivity index (χ3n) is 17.1. The van der Waals surface area contributed by atoms with Gasteiger partial charge in [-0.3, -0.25) is 76.8 Å². The van der Waals surface area contributed by atoms with Crippen LogP contribution in [0.1, 0.15) is 170 Å². The number of rotatable bonds is 34. The van der Waals surface area contributed by atoms with Gasteiger partial charge in [-0.05, 0) is 87.8 Å². The van der Waals surface area contributed by atoms with Crippen LogP contribution in [0.3, 0.4) is 0 Å². The summed E-state index contributed by atoms with van der Waals surface area (Å²) in [6.07, 6.45) is -1.87. The smallest absolute Gasteiger partial charge is 0.305 e. The number of carboxylic acid groups (broad SMARTS) is 2. The van der Waals surface area contributed by atoms with Crippen LogP contribution in [0, 0.1) is 23.7 Å². The number of benzene rings is 1. The van der Waals surface area contributed by atoms with Crippen molar-refractivity contribution in [3.8, 4) is 0 Å². The van der Waals surface area contributed by atoms with Crippen molar-refractivity contribution in [2.45, 2.75) is 212 Å². The average molecular weight is 1420 g/mol. The minimum atomic E-state index is -2.34. The number of imidazole rings is 1. The minimum Gasteiger partial charge on any atom is -0.481 e. The van der Waals surface area contributed by atoms with E-state index >= 15 is 14.4 Å². The van der Waals surface area contributed by atoms with Crippen LogP contribution in [-0.2, 0) is 75.2 Å². The number of H-pyrrole nitrogens is 1. The van der Waals surface area contributed by atoms with Gasteiger partial charge in [0.25, 0.3) is 17.7 Å². The Labute approximate surface area is 583 Å². The number of carboxylic acids is 2. The fourth-order valence-electron chi connectivity index (χ4n) is 10.7. The number of nitrogens with one attached hydrogen (secondary N) is 10. The van der Waals surface area contributed by atoms with Crippen LogP contribution in [0.5, 0.6) is 0 Å². The van der Waals surface area contributed by atoms with Crippen molar-refractivity contribution in [1.29, 1.82) is 0 Å². The van der Waals surface area contributed by atoms with Crippen LogP contribution in [0.4, 0.5) is 0 Å². The lowest BCUT2D eigenvalue weighted by atomic mass is 9.94. The number of primary amides is 1. The molecule has 0 unspecified atom stereocenters.